The van der Waals surface area contributed by atoms with Gasteiger partial charge in [-0.2, -0.15) is 5.26 Å². The van der Waals surface area contributed by atoms with Crippen LogP contribution < -0.4 is 9.47 Å². The van der Waals surface area contributed by atoms with Crippen LogP contribution in [0, 0.1) is 11.3 Å². The van der Waals surface area contributed by atoms with Crippen molar-refractivity contribution in [2.45, 2.75) is 20.0 Å². The van der Waals surface area contributed by atoms with E-state index in [0.717, 1.165) is 6.42 Å². The monoisotopic (exact) mass is 403 g/mol. The highest BCUT2D eigenvalue weighted by atomic mass is 79.9. The fraction of sp³-hybridized carbons (Fsp3) is 0.263. The highest BCUT2D eigenvalue weighted by molar-refractivity contribution is 9.10. The summed E-state index contributed by atoms with van der Waals surface area (Å²) in [5, 5.41) is 9.08. The van der Waals surface area contributed by atoms with Crippen molar-refractivity contribution in [1.82, 2.24) is 0 Å². The number of rotatable bonds is 7. The molecule has 0 unspecified atom stereocenters. The molecular formula is C19H18BrNO4. The summed E-state index contributed by atoms with van der Waals surface area (Å²) in [5.41, 5.74) is 1.48. The molecule has 5 nitrogen and oxygen atoms in total. The van der Waals surface area contributed by atoms with Crippen molar-refractivity contribution >= 4 is 21.9 Å². The molecule has 0 amide bonds. The van der Waals surface area contributed by atoms with Crippen LogP contribution in [0.25, 0.3) is 0 Å². The average Bonchev–Trinajstić information content (AvgIpc) is 2.64. The van der Waals surface area contributed by atoms with E-state index in [1.165, 1.54) is 7.11 Å². The molecule has 0 spiro atoms. The zero-order chi connectivity index (χ0) is 18.2. The molecule has 2 rings (SSSR count). The number of halogens is 1. The van der Waals surface area contributed by atoms with Crippen LogP contribution in [0.1, 0.15) is 34.8 Å². The summed E-state index contributed by atoms with van der Waals surface area (Å²) in [6.45, 7) is 2.57. The van der Waals surface area contributed by atoms with Crippen LogP contribution in [0.5, 0.6) is 11.5 Å². The minimum Gasteiger partial charge on any atom is -0.493 e. The minimum absolute atomic E-state index is 0.0244. The Morgan fingerprint density at radius 2 is 2.04 bits per heavy atom. The highest BCUT2D eigenvalue weighted by Crippen LogP contribution is 2.37. The predicted octanol–water partition coefficient (Wildman–Crippen LogP) is 4.48. The maximum absolute atomic E-state index is 12.3. The third-order valence-corrected chi connectivity index (χ3v) is 4.00. The minimum atomic E-state index is -0.506. The zero-order valence-electron chi connectivity index (χ0n) is 14.0. The number of nitrogens with zero attached hydrogens (tertiary/aromatic N) is 1. The quantitative estimate of drug-likeness (QED) is 0.637. The van der Waals surface area contributed by atoms with Crippen molar-refractivity contribution in [2.24, 2.45) is 0 Å². The first-order valence-corrected chi connectivity index (χ1v) is 8.55. The van der Waals surface area contributed by atoms with E-state index in [2.05, 4.69) is 22.0 Å². The molecule has 0 saturated carbocycles. The third kappa shape index (κ3) is 4.74. The summed E-state index contributed by atoms with van der Waals surface area (Å²) in [7, 11) is 1.51. The molecule has 0 aromatic heterocycles. The number of benzene rings is 2. The standard InChI is InChI=1S/C19H18BrNO4/c1-3-8-24-18-16(20)9-15(10-17(18)23-2)19(22)25-12-14-7-5-4-6-13(14)11-21/h4-7,9-10H,3,8,12H2,1-2H3. The SMILES string of the molecule is CCCOc1c(Br)cc(C(=O)OCc2ccccc2C#N)cc1OC. The maximum atomic E-state index is 12.3. The van der Waals surface area contributed by atoms with E-state index in [0.29, 0.717) is 39.3 Å². The van der Waals surface area contributed by atoms with E-state index < -0.39 is 5.97 Å². The fourth-order valence-electron chi connectivity index (χ4n) is 2.16. The Hall–Kier alpha value is -2.52. The number of nitriles is 1. The van der Waals surface area contributed by atoms with Crippen LogP contribution in [0.2, 0.25) is 0 Å². The molecule has 130 valence electrons. The molecule has 0 bridgehead atoms. The molecule has 0 atom stereocenters. The number of methoxy groups -OCH3 is 1. The molecule has 0 saturated heterocycles. The molecule has 2 aromatic carbocycles. The Bertz CT molecular complexity index is 798. The lowest BCUT2D eigenvalue weighted by Gasteiger charge is -2.14. The smallest absolute Gasteiger partial charge is 0.338 e. The Labute approximate surface area is 155 Å². The van der Waals surface area contributed by atoms with Crippen molar-refractivity contribution in [3.05, 3.63) is 57.6 Å². The van der Waals surface area contributed by atoms with Gasteiger partial charge in [0.2, 0.25) is 0 Å². The molecule has 0 heterocycles. The van der Waals surface area contributed by atoms with Crippen LogP contribution in [0.15, 0.2) is 40.9 Å². The number of hydrogen-bond acceptors (Lipinski definition) is 5. The second-order valence-electron chi connectivity index (χ2n) is 5.18. The Morgan fingerprint density at radius 3 is 2.72 bits per heavy atom. The van der Waals surface area contributed by atoms with E-state index in [-0.39, 0.29) is 6.61 Å². The maximum Gasteiger partial charge on any atom is 0.338 e. The van der Waals surface area contributed by atoms with Gasteiger partial charge in [-0.3, -0.25) is 0 Å². The van der Waals surface area contributed by atoms with E-state index in [1.807, 2.05) is 6.92 Å². The van der Waals surface area contributed by atoms with Crippen molar-refractivity contribution in [3.63, 3.8) is 0 Å². The fourth-order valence-corrected chi connectivity index (χ4v) is 2.72. The van der Waals surface area contributed by atoms with E-state index in [9.17, 15) is 4.79 Å². The van der Waals surface area contributed by atoms with Gasteiger partial charge < -0.3 is 14.2 Å². The third-order valence-electron chi connectivity index (χ3n) is 3.41. The van der Waals surface area contributed by atoms with Gasteiger partial charge in [0.1, 0.15) is 6.61 Å². The molecule has 0 radical (unpaired) electrons. The molecule has 0 N–H and O–H groups in total. The number of hydrogen-bond donors (Lipinski definition) is 0. The van der Waals surface area contributed by atoms with E-state index >= 15 is 0 Å². The molecule has 25 heavy (non-hydrogen) atoms. The Kier molecular flexibility index (Phi) is 6.84. The van der Waals surface area contributed by atoms with Crippen LogP contribution in [0.4, 0.5) is 0 Å². The topological polar surface area (TPSA) is 68.5 Å². The van der Waals surface area contributed by atoms with E-state index in [1.54, 1.807) is 36.4 Å². The summed E-state index contributed by atoms with van der Waals surface area (Å²) in [4.78, 5) is 12.3. The highest BCUT2D eigenvalue weighted by Gasteiger charge is 2.17. The van der Waals surface area contributed by atoms with Crippen LogP contribution >= 0.6 is 15.9 Å². The largest absolute Gasteiger partial charge is 0.493 e. The molecule has 0 aliphatic carbocycles. The average molecular weight is 404 g/mol. The summed E-state index contributed by atoms with van der Waals surface area (Å²) in [6.07, 6.45) is 0.859. The van der Waals surface area contributed by atoms with Crippen molar-refractivity contribution < 1.29 is 19.0 Å². The number of carbonyl (C=O) groups is 1. The van der Waals surface area contributed by atoms with Crippen molar-refractivity contribution in [2.75, 3.05) is 13.7 Å². The molecule has 2 aromatic rings. The Balaban J connectivity index is 2.16. The lowest BCUT2D eigenvalue weighted by atomic mass is 10.1. The van der Waals surface area contributed by atoms with Gasteiger partial charge in [0.05, 0.1) is 35.4 Å². The molecular weight excluding hydrogens is 386 g/mol. The van der Waals surface area contributed by atoms with Crippen LogP contribution in [0.3, 0.4) is 0 Å². The second-order valence-corrected chi connectivity index (χ2v) is 6.04. The first kappa shape index (κ1) is 18.8. The zero-order valence-corrected chi connectivity index (χ0v) is 15.6. The summed E-state index contributed by atoms with van der Waals surface area (Å²) in [5.74, 6) is 0.497. The van der Waals surface area contributed by atoms with Gasteiger partial charge in [0.15, 0.2) is 11.5 Å². The first-order chi connectivity index (χ1) is 12.1. The van der Waals surface area contributed by atoms with Gasteiger partial charge in [0.25, 0.3) is 0 Å². The van der Waals surface area contributed by atoms with Crippen LogP contribution in [-0.4, -0.2) is 19.7 Å². The second kappa shape index (κ2) is 9.09. The summed E-state index contributed by atoms with van der Waals surface area (Å²) >= 11 is 3.40. The van der Waals surface area contributed by atoms with Crippen LogP contribution in [-0.2, 0) is 11.3 Å². The van der Waals surface area contributed by atoms with Gasteiger partial charge in [-0.15, -0.1) is 0 Å². The molecule has 0 aliphatic rings. The van der Waals surface area contributed by atoms with Crippen molar-refractivity contribution in [3.8, 4) is 17.6 Å². The van der Waals surface area contributed by atoms with Gasteiger partial charge in [-0.25, -0.2) is 4.79 Å². The van der Waals surface area contributed by atoms with Crippen molar-refractivity contribution in [1.29, 1.82) is 5.26 Å². The normalized spacial score (nSPS) is 10.0. The van der Waals surface area contributed by atoms with Gasteiger partial charge in [-0.1, -0.05) is 25.1 Å². The molecule has 0 fully saturated rings. The van der Waals surface area contributed by atoms with Gasteiger partial charge >= 0.3 is 5.97 Å². The van der Waals surface area contributed by atoms with E-state index in [4.69, 9.17) is 19.5 Å². The molecule has 6 heteroatoms. The number of esters is 1. The van der Waals surface area contributed by atoms with Gasteiger partial charge in [-0.05, 0) is 40.5 Å². The summed E-state index contributed by atoms with van der Waals surface area (Å²) < 4.78 is 16.9. The lowest BCUT2D eigenvalue weighted by molar-refractivity contribution is 0.0472. The Morgan fingerprint density at radius 1 is 1.28 bits per heavy atom. The lowest BCUT2D eigenvalue weighted by Crippen LogP contribution is -2.07. The number of ether oxygens (including phenoxy) is 3. The first-order valence-electron chi connectivity index (χ1n) is 7.76. The number of carbonyl (C=O) groups excluding carboxylic acids is 1. The summed E-state index contributed by atoms with van der Waals surface area (Å²) in [6, 6.07) is 12.3. The predicted molar refractivity (Wildman–Crippen MR) is 96.8 cm³/mol. The van der Waals surface area contributed by atoms with Gasteiger partial charge in [0, 0.05) is 5.56 Å². The molecule has 0 aliphatic heterocycles.